The molecule has 1 fully saturated rings. The third-order valence-electron chi connectivity index (χ3n) is 4.66. The molecule has 1 aliphatic heterocycles. The number of nitrogens with one attached hydrogen (secondary N) is 1. The largest absolute Gasteiger partial charge is 0.403 e. The number of alkyl halides is 3. The number of piperazine rings is 1. The fourth-order valence-corrected chi connectivity index (χ4v) is 3.05. The molecule has 2 rings (SSSR count). The van der Waals surface area contributed by atoms with Crippen molar-refractivity contribution in [2.75, 3.05) is 39.8 Å². The monoisotopic (exact) mass is 502 g/mol. The second-order valence-corrected chi connectivity index (χ2v) is 6.45. The topological polar surface area (TPSA) is 30.9 Å². The van der Waals surface area contributed by atoms with Gasteiger partial charge in [-0.15, -0.1) is 24.0 Å². The maximum absolute atomic E-state index is 13.1. The molecule has 27 heavy (non-hydrogen) atoms. The van der Waals surface area contributed by atoms with Crippen molar-refractivity contribution in [2.24, 2.45) is 4.99 Å². The van der Waals surface area contributed by atoms with E-state index in [9.17, 15) is 17.6 Å². The van der Waals surface area contributed by atoms with Crippen LogP contribution in [0.3, 0.4) is 0 Å². The van der Waals surface area contributed by atoms with Gasteiger partial charge in [-0.3, -0.25) is 9.89 Å². The smallest absolute Gasteiger partial charge is 0.356 e. The second kappa shape index (κ2) is 11.0. The predicted octanol–water partition coefficient (Wildman–Crippen LogP) is 3.52. The van der Waals surface area contributed by atoms with E-state index in [1.54, 1.807) is 13.1 Å². The van der Waals surface area contributed by atoms with Crippen molar-refractivity contribution in [1.29, 1.82) is 0 Å². The Hall–Kier alpha value is -1.10. The fourth-order valence-electron chi connectivity index (χ4n) is 3.05. The normalized spacial score (nSPS) is 17.4. The number of aliphatic imine (C=N–C) groups is 1. The van der Waals surface area contributed by atoms with Crippen molar-refractivity contribution < 1.29 is 17.6 Å². The molecule has 1 atom stereocenters. The van der Waals surface area contributed by atoms with Gasteiger partial charge in [0.25, 0.3) is 0 Å². The van der Waals surface area contributed by atoms with E-state index in [2.05, 4.69) is 10.3 Å². The summed E-state index contributed by atoms with van der Waals surface area (Å²) >= 11 is 0. The lowest BCUT2D eigenvalue weighted by atomic mass is 10.1. The molecule has 1 saturated heterocycles. The molecule has 0 radical (unpaired) electrons. The van der Waals surface area contributed by atoms with Crippen LogP contribution >= 0.6 is 24.0 Å². The zero-order chi connectivity index (χ0) is 19.2. The van der Waals surface area contributed by atoms with Crippen LogP contribution in [-0.4, -0.2) is 67.7 Å². The minimum absolute atomic E-state index is 0. The molecular formula is C18H27F4IN4. The van der Waals surface area contributed by atoms with Crippen molar-refractivity contribution >= 4 is 29.9 Å². The van der Waals surface area contributed by atoms with Gasteiger partial charge in [0, 0.05) is 39.8 Å². The first-order valence-corrected chi connectivity index (χ1v) is 8.82. The Morgan fingerprint density at radius 3 is 2.44 bits per heavy atom. The van der Waals surface area contributed by atoms with Crippen LogP contribution in [0.25, 0.3) is 0 Å². The van der Waals surface area contributed by atoms with Crippen LogP contribution in [0, 0.1) is 5.82 Å². The van der Waals surface area contributed by atoms with Gasteiger partial charge in [-0.05, 0) is 37.5 Å². The highest BCUT2D eigenvalue weighted by atomic mass is 127. The second-order valence-electron chi connectivity index (χ2n) is 6.45. The molecular weight excluding hydrogens is 475 g/mol. The lowest BCUT2D eigenvalue weighted by Crippen LogP contribution is -2.56. The van der Waals surface area contributed by atoms with Crippen molar-refractivity contribution in [3.05, 3.63) is 35.6 Å². The SMILES string of the molecule is CN=C(NCCCc1cccc(F)c1)N1CCN(C(C)C(F)(F)F)CC1.I. The lowest BCUT2D eigenvalue weighted by Gasteiger charge is -2.39. The van der Waals surface area contributed by atoms with E-state index in [1.807, 2.05) is 11.0 Å². The van der Waals surface area contributed by atoms with Crippen LogP contribution in [0.1, 0.15) is 18.9 Å². The van der Waals surface area contributed by atoms with E-state index in [0.717, 1.165) is 18.4 Å². The van der Waals surface area contributed by atoms with Crippen molar-refractivity contribution in [3.63, 3.8) is 0 Å². The first-order valence-electron chi connectivity index (χ1n) is 8.82. The Labute approximate surface area is 175 Å². The third kappa shape index (κ3) is 7.44. The van der Waals surface area contributed by atoms with Gasteiger partial charge in [-0.25, -0.2) is 4.39 Å². The van der Waals surface area contributed by atoms with Gasteiger partial charge >= 0.3 is 6.18 Å². The van der Waals surface area contributed by atoms with Crippen molar-refractivity contribution in [2.45, 2.75) is 32.0 Å². The quantitative estimate of drug-likeness (QED) is 0.220. The van der Waals surface area contributed by atoms with Crippen molar-refractivity contribution in [3.8, 4) is 0 Å². The number of guanidine groups is 1. The number of halogens is 5. The minimum Gasteiger partial charge on any atom is -0.356 e. The molecule has 154 valence electrons. The molecule has 0 spiro atoms. The number of nitrogens with zero attached hydrogens (tertiary/aromatic N) is 3. The Morgan fingerprint density at radius 2 is 1.89 bits per heavy atom. The summed E-state index contributed by atoms with van der Waals surface area (Å²) in [6.45, 7) is 3.58. The predicted molar refractivity (Wildman–Crippen MR) is 110 cm³/mol. The van der Waals surface area contributed by atoms with E-state index in [0.29, 0.717) is 38.7 Å². The molecule has 0 saturated carbocycles. The van der Waals surface area contributed by atoms with Gasteiger partial charge < -0.3 is 10.2 Å². The molecule has 1 aromatic rings. The average molecular weight is 502 g/mol. The van der Waals surface area contributed by atoms with Crippen LogP contribution in [0.15, 0.2) is 29.3 Å². The van der Waals surface area contributed by atoms with Gasteiger partial charge in [0.15, 0.2) is 5.96 Å². The van der Waals surface area contributed by atoms with Crippen LogP contribution in [-0.2, 0) is 6.42 Å². The summed E-state index contributed by atoms with van der Waals surface area (Å²) in [7, 11) is 1.67. The molecule has 0 amide bonds. The Morgan fingerprint density at radius 1 is 1.22 bits per heavy atom. The highest BCUT2D eigenvalue weighted by Gasteiger charge is 2.41. The van der Waals surface area contributed by atoms with Crippen molar-refractivity contribution in [1.82, 2.24) is 15.1 Å². The molecule has 0 aliphatic carbocycles. The van der Waals surface area contributed by atoms with Crippen LogP contribution < -0.4 is 5.32 Å². The zero-order valence-electron chi connectivity index (χ0n) is 15.6. The summed E-state index contributed by atoms with van der Waals surface area (Å²) in [6.07, 6.45) is -2.63. The molecule has 1 N–H and O–H groups in total. The van der Waals surface area contributed by atoms with Gasteiger partial charge in [0.2, 0.25) is 0 Å². The van der Waals surface area contributed by atoms with Gasteiger partial charge in [0.1, 0.15) is 11.9 Å². The molecule has 1 aromatic carbocycles. The minimum atomic E-state index is -4.20. The zero-order valence-corrected chi connectivity index (χ0v) is 17.9. The summed E-state index contributed by atoms with van der Waals surface area (Å²) in [5.41, 5.74) is 0.941. The van der Waals surface area contributed by atoms with E-state index in [1.165, 1.54) is 24.0 Å². The van der Waals surface area contributed by atoms with Gasteiger partial charge in [-0.2, -0.15) is 13.2 Å². The van der Waals surface area contributed by atoms with Crippen LogP contribution in [0.4, 0.5) is 17.6 Å². The molecule has 0 bridgehead atoms. The summed E-state index contributed by atoms with van der Waals surface area (Å²) < 4.78 is 51.6. The molecule has 4 nitrogen and oxygen atoms in total. The highest BCUT2D eigenvalue weighted by Crippen LogP contribution is 2.25. The van der Waals surface area contributed by atoms with Gasteiger partial charge in [0.05, 0.1) is 0 Å². The van der Waals surface area contributed by atoms with E-state index >= 15 is 0 Å². The third-order valence-corrected chi connectivity index (χ3v) is 4.66. The molecule has 1 heterocycles. The summed E-state index contributed by atoms with van der Waals surface area (Å²) in [4.78, 5) is 7.65. The summed E-state index contributed by atoms with van der Waals surface area (Å²) in [6, 6.07) is 5.10. The first-order chi connectivity index (χ1) is 12.3. The standard InChI is InChI=1S/C18H26F4N4.HI/c1-14(18(20,21)22)25-9-11-26(12-10-25)17(23-2)24-8-4-6-15-5-3-7-16(19)13-15;/h3,5,7,13-14H,4,6,8-12H2,1-2H3,(H,23,24);1H. The highest BCUT2D eigenvalue weighted by molar-refractivity contribution is 14.0. The Bertz CT molecular complexity index is 601. The average Bonchev–Trinajstić information content (AvgIpc) is 2.61. The maximum Gasteiger partial charge on any atom is 0.403 e. The maximum atomic E-state index is 13.1. The number of benzene rings is 1. The first kappa shape index (κ1) is 23.9. The summed E-state index contributed by atoms with van der Waals surface area (Å²) in [5, 5.41) is 3.24. The molecule has 0 aromatic heterocycles. The lowest BCUT2D eigenvalue weighted by molar-refractivity contribution is -0.181. The Balaban J connectivity index is 0.00000364. The van der Waals surface area contributed by atoms with E-state index in [-0.39, 0.29) is 29.8 Å². The molecule has 9 heteroatoms. The number of aryl methyl sites for hydroxylation is 1. The fraction of sp³-hybridized carbons (Fsp3) is 0.611. The van der Waals surface area contributed by atoms with Gasteiger partial charge in [-0.1, -0.05) is 12.1 Å². The Kier molecular flexibility index (Phi) is 9.78. The van der Waals surface area contributed by atoms with E-state index < -0.39 is 12.2 Å². The van der Waals surface area contributed by atoms with E-state index in [4.69, 9.17) is 0 Å². The molecule has 1 unspecified atom stereocenters. The summed E-state index contributed by atoms with van der Waals surface area (Å²) in [5.74, 6) is 0.459. The number of rotatable bonds is 5. The van der Waals surface area contributed by atoms with Crippen LogP contribution in [0.2, 0.25) is 0 Å². The molecule has 1 aliphatic rings. The number of hydrogen-bond acceptors (Lipinski definition) is 2. The number of hydrogen-bond donors (Lipinski definition) is 1. The van der Waals surface area contributed by atoms with Crippen LogP contribution in [0.5, 0.6) is 0 Å².